The van der Waals surface area contributed by atoms with Crippen molar-refractivity contribution in [1.29, 1.82) is 0 Å². The van der Waals surface area contributed by atoms with Gasteiger partial charge in [0.25, 0.3) is 0 Å². The quantitative estimate of drug-likeness (QED) is 0.746. The fourth-order valence-corrected chi connectivity index (χ4v) is 2.34. The van der Waals surface area contributed by atoms with Crippen LogP contribution in [0.25, 0.3) is 0 Å². The molecule has 1 heterocycles. The first kappa shape index (κ1) is 9.59. The molecule has 0 radical (unpaired) electrons. The second kappa shape index (κ2) is 4.05. The summed E-state index contributed by atoms with van der Waals surface area (Å²) in [6, 6.07) is 0. The zero-order chi connectivity index (χ0) is 9.97. The molecule has 0 spiro atoms. The highest BCUT2D eigenvalue weighted by Gasteiger charge is 2.11. The summed E-state index contributed by atoms with van der Waals surface area (Å²) in [7, 11) is 0. The van der Waals surface area contributed by atoms with Gasteiger partial charge in [-0.1, -0.05) is 5.57 Å². The second-order valence-corrected chi connectivity index (χ2v) is 4.72. The van der Waals surface area contributed by atoms with Crippen LogP contribution in [-0.4, -0.2) is 10.8 Å². The van der Waals surface area contributed by atoms with Crippen LogP contribution in [0.1, 0.15) is 30.0 Å². The van der Waals surface area contributed by atoms with Gasteiger partial charge in [0.1, 0.15) is 0 Å². The summed E-state index contributed by atoms with van der Waals surface area (Å²) in [5.74, 6) is 0.276. The molecule has 0 aliphatic heterocycles. The van der Waals surface area contributed by atoms with Crippen LogP contribution in [0.3, 0.4) is 0 Å². The standard InChI is InChI=1S/C11H13NOS/c1-8-12-10(7-14-8)5-9-3-2-4-11(13)6-9/h6-7H,2-5H2,1H3. The van der Waals surface area contributed by atoms with Crippen LogP contribution in [0.2, 0.25) is 0 Å². The fraction of sp³-hybridized carbons (Fsp3) is 0.455. The minimum absolute atomic E-state index is 0.276. The summed E-state index contributed by atoms with van der Waals surface area (Å²) in [5.41, 5.74) is 2.35. The second-order valence-electron chi connectivity index (χ2n) is 3.66. The number of aryl methyl sites for hydroxylation is 1. The van der Waals surface area contributed by atoms with Crippen molar-refractivity contribution < 1.29 is 4.79 Å². The van der Waals surface area contributed by atoms with Gasteiger partial charge < -0.3 is 0 Å². The average molecular weight is 207 g/mol. The predicted octanol–water partition coefficient (Wildman–Crippen LogP) is 2.67. The van der Waals surface area contributed by atoms with Crippen molar-refractivity contribution in [3.05, 3.63) is 27.7 Å². The first-order valence-electron chi connectivity index (χ1n) is 4.87. The van der Waals surface area contributed by atoms with E-state index in [1.165, 1.54) is 5.57 Å². The van der Waals surface area contributed by atoms with Crippen molar-refractivity contribution in [2.45, 2.75) is 32.6 Å². The first-order valence-corrected chi connectivity index (χ1v) is 5.75. The Labute approximate surface area is 87.7 Å². The fourth-order valence-electron chi connectivity index (χ4n) is 1.72. The van der Waals surface area contributed by atoms with Crippen LogP contribution in [0.15, 0.2) is 17.0 Å². The Hall–Kier alpha value is -0.960. The summed E-state index contributed by atoms with van der Waals surface area (Å²) in [6.07, 6.45) is 5.45. The average Bonchev–Trinajstić information content (AvgIpc) is 2.51. The van der Waals surface area contributed by atoms with Gasteiger partial charge in [0.15, 0.2) is 5.78 Å². The number of allylic oxidation sites excluding steroid dienone is 2. The lowest BCUT2D eigenvalue weighted by Crippen LogP contribution is -2.04. The van der Waals surface area contributed by atoms with Crippen molar-refractivity contribution in [2.24, 2.45) is 0 Å². The van der Waals surface area contributed by atoms with Crippen molar-refractivity contribution in [2.75, 3.05) is 0 Å². The highest BCUT2D eigenvalue weighted by molar-refractivity contribution is 7.09. The van der Waals surface area contributed by atoms with Crippen LogP contribution in [-0.2, 0) is 11.2 Å². The smallest absolute Gasteiger partial charge is 0.155 e. The third-order valence-electron chi connectivity index (χ3n) is 2.36. The third-order valence-corrected chi connectivity index (χ3v) is 3.18. The van der Waals surface area contributed by atoms with Gasteiger partial charge in [0, 0.05) is 18.2 Å². The molecule has 1 aromatic rings. The molecule has 0 unspecified atom stereocenters. The van der Waals surface area contributed by atoms with E-state index in [1.807, 2.05) is 6.92 Å². The Kier molecular flexibility index (Phi) is 2.77. The highest BCUT2D eigenvalue weighted by Crippen LogP contribution is 2.20. The number of hydrogen-bond acceptors (Lipinski definition) is 3. The van der Waals surface area contributed by atoms with Crippen LogP contribution >= 0.6 is 11.3 Å². The number of hydrogen-bond donors (Lipinski definition) is 0. The molecule has 2 nitrogen and oxygen atoms in total. The molecule has 0 bridgehead atoms. The highest BCUT2D eigenvalue weighted by atomic mass is 32.1. The summed E-state index contributed by atoms with van der Waals surface area (Å²) >= 11 is 1.67. The van der Waals surface area contributed by atoms with E-state index in [9.17, 15) is 4.79 Å². The Morgan fingerprint density at radius 2 is 2.36 bits per heavy atom. The van der Waals surface area contributed by atoms with Gasteiger partial charge in [-0.05, 0) is 25.8 Å². The maximum absolute atomic E-state index is 11.2. The molecule has 0 atom stereocenters. The van der Waals surface area contributed by atoms with Crippen molar-refractivity contribution in [1.82, 2.24) is 4.98 Å². The lowest BCUT2D eigenvalue weighted by atomic mass is 9.95. The minimum Gasteiger partial charge on any atom is -0.295 e. The summed E-state index contributed by atoms with van der Waals surface area (Å²) in [4.78, 5) is 15.6. The van der Waals surface area contributed by atoms with Gasteiger partial charge in [-0.15, -0.1) is 11.3 Å². The molecule has 1 aromatic heterocycles. The topological polar surface area (TPSA) is 30.0 Å². The van der Waals surface area contributed by atoms with Crippen LogP contribution in [0, 0.1) is 6.92 Å². The summed E-state index contributed by atoms with van der Waals surface area (Å²) < 4.78 is 0. The number of nitrogens with zero attached hydrogens (tertiary/aromatic N) is 1. The van der Waals surface area contributed by atoms with E-state index in [0.29, 0.717) is 0 Å². The van der Waals surface area contributed by atoms with E-state index in [2.05, 4.69) is 10.4 Å². The molecule has 0 N–H and O–H groups in total. The lowest BCUT2D eigenvalue weighted by molar-refractivity contribution is -0.115. The molecular weight excluding hydrogens is 194 g/mol. The number of carbonyl (C=O) groups is 1. The van der Waals surface area contributed by atoms with Gasteiger partial charge in [0.05, 0.1) is 10.7 Å². The van der Waals surface area contributed by atoms with E-state index in [1.54, 1.807) is 17.4 Å². The molecule has 74 valence electrons. The van der Waals surface area contributed by atoms with Crippen molar-refractivity contribution in [3.8, 4) is 0 Å². The number of carbonyl (C=O) groups excluding carboxylic acids is 1. The molecule has 0 fully saturated rings. The Balaban J connectivity index is 2.07. The van der Waals surface area contributed by atoms with Gasteiger partial charge in [-0.2, -0.15) is 0 Å². The number of aromatic nitrogens is 1. The first-order chi connectivity index (χ1) is 6.74. The molecule has 14 heavy (non-hydrogen) atoms. The largest absolute Gasteiger partial charge is 0.295 e. The molecule has 0 amide bonds. The van der Waals surface area contributed by atoms with Crippen molar-refractivity contribution in [3.63, 3.8) is 0 Å². The number of ketones is 1. The molecule has 3 heteroatoms. The minimum atomic E-state index is 0.276. The molecular formula is C11H13NOS. The van der Waals surface area contributed by atoms with Gasteiger partial charge in [-0.3, -0.25) is 4.79 Å². The molecule has 0 saturated carbocycles. The van der Waals surface area contributed by atoms with Gasteiger partial charge >= 0.3 is 0 Å². The zero-order valence-corrected chi connectivity index (χ0v) is 9.06. The number of thiazole rings is 1. The van der Waals surface area contributed by atoms with Gasteiger partial charge in [-0.25, -0.2) is 4.98 Å². The SMILES string of the molecule is Cc1nc(CC2=CC(=O)CCC2)cs1. The Morgan fingerprint density at radius 3 is 3.00 bits per heavy atom. The van der Waals surface area contributed by atoms with Crippen LogP contribution in [0.5, 0.6) is 0 Å². The molecule has 2 rings (SSSR count). The van der Waals surface area contributed by atoms with Crippen molar-refractivity contribution >= 4 is 17.1 Å². The summed E-state index contributed by atoms with van der Waals surface area (Å²) in [5, 5.41) is 3.18. The normalized spacial score (nSPS) is 16.9. The third kappa shape index (κ3) is 2.29. The molecule has 0 saturated heterocycles. The molecule has 1 aliphatic carbocycles. The van der Waals surface area contributed by atoms with E-state index in [0.717, 1.165) is 36.4 Å². The van der Waals surface area contributed by atoms with Crippen LogP contribution in [0.4, 0.5) is 0 Å². The molecule has 1 aliphatic rings. The van der Waals surface area contributed by atoms with E-state index >= 15 is 0 Å². The monoisotopic (exact) mass is 207 g/mol. The van der Waals surface area contributed by atoms with E-state index in [-0.39, 0.29) is 5.78 Å². The predicted molar refractivity (Wildman–Crippen MR) is 57.5 cm³/mol. The zero-order valence-electron chi connectivity index (χ0n) is 8.25. The number of rotatable bonds is 2. The van der Waals surface area contributed by atoms with E-state index < -0.39 is 0 Å². The maximum atomic E-state index is 11.2. The maximum Gasteiger partial charge on any atom is 0.155 e. The van der Waals surface area contributed by atoms with Crippen LogP contribution < -0.4 is 0 Å². The van der Waals surface area contributed by atoms with E-state index in [4.69, 9.17) is 0 Å². The summed E-state index contributed by atoms with van der Waals surface area (Å²) in [6.45, 7) is 2.01. The van der Waals surface area contributed by atoms with Gasteiger partial charge in [0.2, 0.25) is 0 Å². The lowest BCUT2D eigenvalue weighted by Gasteiger charge is -2.10. The molecule has 0 aromatic carbocycles. The Morgan fingerprint density at radius 1 is 1.50 bits per heavy atom. The Bertz CT molecular complexity index is 378.